The minimum absolute atomic E-state index is 0. The number of allylic oxidation sites excluding steroid dienone is 2. The molecule has 2 aliphatic rings. The van der Waals surface area contributed by atoms with Crippen molar-refractivity contribution in [3.63, 3.8) is 0 Å². The Bertz CT molecular complexity index is 684. The summed E-state index contributed by atoms with van der Waals surface area (Å²) >= 11 is 0. The zero-order valence-corrected chi connectivity index (χ0v) is 20.8. The maximum atomic E-state index is 15.0. The van der Waals surface area contributed by atoms with Gasteiger partial charge in [-0.3, -0.25) is 0 Å². The van der Waals surface area contributed by atoms with E-state index in [9.17, 15) is 37.7 Å². The third-order valence-corrected chi connectivity index (χ3v) is 6.49. The van der Waals surface area contributed by atoms with Gasteiger partial charge in [0, 0.05) is 24.2 Å². The van der Waals surface area contributed by atoms with Crippen molar-refractivity contribution >= 4 is 5.97 Å². The van der Waals surface area contributed by atoms with Crippen molar-refractivity contribution in [2.75, 3.05) is 0 Å². The second-order valence-electron chi connectivity index (χ2n) is 8.74. The molecule has 0 radical (unpaired) electrons. The van der Waals surface area contributed by atoms with E-state index in [1.807, 2.05) is 0 Å². The van der Waals surface area contributed by atoms with Crippen LogP contribution in [0.1, 0.15) is 58.8 Å². The van der Waals surface area contributed by atoms with Gasteiger partial charge in [0.1, 0.15) is 11.9 Å². The molecular formula is C22H31F4NaO5. The molecule has 1 heterocycles. The fourth-order valence-electron chi connectivity index (χ4n) is 4.35. The second kappa shape index (κ2) is 12.2. The maximum absolute atomic E-state index is 15.0. The van der Waals surface area contributed by atoms with E-state index in [1.54, 1.807) is 6.92 Å². The first kappa shape index (κ1) is 29.4. The molecule has 1 saturated heterocycles. The molecule has 1 saturated carbocycles. The molecule has 178 valence electrons. The summed E-state index contributed by atoms with van der Waals surface area (Å²) in [5, 5.41) is 31.1. The number of aliphatic carboxylic acids is 1. The summed E-state index contributed by atoms with van der Waals surface area (Å²) in [4.78, 5) is 10.5. The van der Waals surface area contributed by atoms with Gasteiger partial charge in [-0.2, -0.15) is 13.2 Å². The SMILES string of the molecule is CCCCC(C)([C@H](O)/C=C/[C@@H]1[C@H]2C(F)/C(=C/CCCC(=O)[O-])O[C@@H]2C[C@H]1O)C(F)(F)F.[Na+]. The average Bonchev–Trinajstić information content (AvgIpc) is 3.14. The standard InChI is InChI=1S/C22H32F4O5.Na/c1-3-4-11-21(2,22(24,25)26)17(28)10-9-13-14(27)12-16-19(13)20(23)15(31-16)7-5-6-8-18(29)30;/h7,9-10,13-14,16-17,19-20,27-28H,3-6,8,11-12H2,1-2H3,(H,29,30);/q;+1/p-1/b10-9+,15-7-;/t13-,14+,16+,17+,19+,20?,21?;/m0./s1. The smallest absolute Gasteiger partial charge is 0.550 e. The van der Waals surface area contributed by atoms with Crippen molar-refractivity contribution in [3.05, 3.63) is 24.0 Å². The van der Waals surface area contributed by atoms with E-state index >= 15 is 0 Å². The fraction of sp³-hybridized carbons (Fsp3) is 0.773. The van der Waals surface area contributed by atoms with Crippen LogP contribution in [0.3, 0.4) is 0 Å². The third kappa shape index (κ3) is 6.72. The molecule has 0 aromatic heterocycles. The largest absolute Gasteiger partial charge is 1.00 e. The summed E-state index contributed by atoms with van der Waals surface area (Å²) in [6.45, 7) is 2.73. The molecule has 10 heteroatoms. The molecular weight excluding hydrogens is 443 g/mol. The maximum Gasteiger partial charge on any atom is 1.00 e. The third-order valence-electron chi connectivity index (χ3n) is 6.49. The number of unbranched alkanes of at least 4 members (excludes halogenated alkanes) is 2. The number of hydrogen-bond acceptors (Lipinski definition) is 5. The molecule has 32 heavy (non-hydrogen) atoms. The van der Waals surface area contributed by atoms with Crippen LogP contribution in [0, 0.1) is 17.3 Å². The van der Waals surface area contributed by atoms with Crippen LogP contribution < -0.4 is 34.7 Å². The molecule has 0 bridgehead atoms. The normalized spacial score (nSPS) is 31.8. The number of hydrogen-bond donors (Lipinski definition) is 2. The number of alkyl halides is 4. The fourth-order valence-corrected chi connectivity index (χ4v) is 4.35. The number of carbonyl (C=O) groups excluding carboxylic acids is 1. The van der Waals surface area contributed by atoms with Crippen molar-refractivity contribution in [1.82, 2.24) is 0 Å². The predicted octanol–water partition coefficient (Wildman–Crippen LogP) is 0.204. The van der Waals surface area contributed by atoms with E-state index in [4.69, 9.17) is 4.74 Å². The summed E-state index contributed by atoms with van der Waals surface area (Å²) in [6, 6.07) is 0. The average molecular weight is 474 g/mol. The van der Waals surface area contributed by atoms with E-state index in [0.29, 0.717) is 12.8 Å². The first-order valence-electron chi connectivity index (χ1n) is 10.7. The van der Waals surface area contributed by atoms with Crippen LogP contribution in [0.4, 0.5) is 17.6 Å². The number of carboxylic acids is 1. The Balaban J connectivity index is 0.00000512. The first-order valence-corrected chi connectivity index (χ1v) is 10.7. The molecule has 2 rings (SSSR count). The summed E-state index contributed by atoms with van der Waals surface area (Å²) in [5.74, 6) is -2.72. The number of aliphatic hydroxyl groups excluding tert-OH is 2. The van der Waals surface area contributed by atoms with Crippen molar-refractivity contribution in [2.45, 2.75) is 89.5 Å². The molecule has 0 aromatic rings. The van der Waals surface area contributed by atoms with E-state index in [0.717, 1.165) is 13.0 Å². The predicted molar refractivity (Wildman–Crippen MR) is 103 cm³/mol. The Hall–Kier alpha value is -0.610. The van der Waals surface area contributed by atoms with Crippen molar-refractivity contribution in [3.8, 4) is 0 Å². The molecule has 5 nitrogen and oxygen atoms in total. The molecule has 2 N–H and O–H groups in total. The number of aliphatic hydroxyl groups is 2. The van der Waals surface area contributed by atoms with Crippen LogP contribution in [-0.4, -0.2) is 46.8 Å². The minimum Gasteiger partial charge on any atom is -0.550 e. The Morgan fingerprint density at radius 1 is 1.34 bits per heavy atom. The van der Waals surface area contributed by atoms with Crippen LogP contribution in [0.2, 0.25) is 0 Å². The van der Waals surface area contributed by atoms with Gasteiger partial charge in [0.15, 0.2) is 6.17 Å². The number of halogens is 4. The van der Waals surface area contributed by atoms with Crippen LogP contribution in [0.25, 0.3) is 0 Å². The number of ether oxygens (including phenoxy) is 1. The van der Waals surface area contributed by atoms with E-state index in [2.05, 4.69) is 0 Å². The molecule has 1 aliphatic carbocycles. The molecule has 0 amide bonds. The van der Waals surface area contributed by atoms with E-state index in [1.165, 1.54) is 12.2 Å². The molecule has 2 unspecified atom stereocenters. The quantitative estimate of drug-likeness (QED) is 0.205. The van der Waals surface area contributed by atoms with Gasteiger partial charge >= 0.3 is 35.7 Å². The Morgan fingerprint density at radius 3 is 2.56 bits per heavy atom. The summed E-state index contributed by atoms with van der Waals surface area (Å²) < 4.78 is 61.4. The van der Waals surface area contributed by atoms with Gasteiger partial charge in [-0.25, -0.2) is 4.39 Å². The number of rotatable bonds is 10. The monoisotopic (exact) mass is 474 g/mol. The van der Waals surface area contributed by atoms with Gasteiger partial charge in [-0.15, -0.1) is 0 Å². The molecule has 2 fully saturated rings. The Labute approximate surface area is 208 Å². The molecule has 7 atom stereocenters. The van der Waals surface area contributed by atoms with Gasteiger partial charge in [0.25, 0.3) is 0 Å². The van der Waals surface area contributed by atoms with E-state index < -0.39 is 53.9 Å². The van der Waals surface area contributed by atoms with Crippen molar-refractivity contribution < 1.29 is 72.0 Å². The number of fused-ring (bicyclic) bond motifs is 1. The Morgan fingerprint density at radius 2 is 2.00 bits per heavy atom. The van der Waals surface area contributed by atoms with E-state index in [-0.39, 0.29) is 67.4 Å². The number of carboxylic acid groups (broad SMARTS) is 1. The number of carbonyl (C=O) groups is 1. The minimum atomic E-state index is -4.62. The summed E-state index contributed by atoms with van der Waals surface area (Å²) in [6.07, 6.45) is -4.75. The zero-order chi connectivity index (χ0) is 23.4. The topological polar surface area (TPSA) is 89.8 Å². The van der Waals surface area contributed by atoms with Crippen molar-refractivity contribution in [2.24, 2.45) is 17.3 Å². The van der Waals surface area contributed by atoms with Gasteiger partial charge in [-0.1, -0.05) is 31.9 Å². The van der Waals surface area contributed by atoms with Gasteiger partial charge in [-0.05, 0) is 38.7 Å². The van der Waals surface area contributed by atoms with Gasteiger partial charge in [0.2, 0.25) is 0 Å². The van der Waals surface area contributed by atoms with Crippen LogP contribution in [0.5, 0.6) is 0 Å². The Kier molecular flexibility index (Phi) is 11.2. The summed E-state index contributed by atoms with van der Waals surface area (Å²) in [7, 11) is 0. The zero-order valence-electron chi connectivity index (χ0n) is 18.8. The summed E-state index contributed by atoms with van der Waals surface area (Å²) in [5.41, 5.74) is -2.34. The van der Waals surface area contributed by atoms with Gasteiger partial charge in [0.05, 0.1) is 17.6 Å². The van der Waals surface area contributed by atoms with Crippen molar-refractivity contribution in [1.29, 1.82) is 0 Å². The van der Waals surface area contributed by atoms with Gasteiger partial charge < -0.3 is 24.9 Å². The molecule has 0 spiro atoms. The van der Waals surface area contributed by atoms with Crippen LogP contribution >= 0.6 is 0 Å². The molecule has 0 aromatic carbocycles. The molecule has 1 aliphatic heterocycles. The first-order chi connectivity index (χ1) is 14.4. The van der Waals surface area contributed by atoms with Crippen LogP contribution in [0.15, 0.2) is 24.0 Å². The van der Waals surface area contributed by atoms with Crippen LogP contribution in [-0.2, 0) is 9.53 Å². The second-order valence-corrected chi connectivity index (χ2v) is 8.74.